The van der Waals surface area contributed by atoms with Crippen molar-refractivity contribution in [3.63, 3.8) is 0 Å². The van der Waals surface area contributed by atoms with E-state index in [-0.39, 0.29) is 25.5 Å². The maximum Gasteiger partial charge on any atom is 0.261 e. The molecule has 146 valence electrons. The Kier molecular flexibility index (Phi) is 6.02. The Labute approximate surface area is 169 Å². The Bertz CT molecular complexity index is 1030. The molecule has 1 heterocycles. The van der Waals surface area contributed by atoms with Crippen molar-refractivity contribution in [1.29, 1.82) is 0 Å². The molecule has 0 saturated carbocycles. The van der Waals surface area contributed by atoms with E-state index in [1.165, 1.54) is 46.8 Å². The molecule has 0 aliphatic carbocycles. The molecule has 0 bridgehead atoms. The highest BCUT2D eigenvalue weighted by atomic mass is 35.5. The molecule has 1 N–H and O–H groups in total. The van der Waals surface area contributed by atoms with Gasteiger partial charge in [0, 0.05) is 23.1 Å². The monoisotopic (exact) mass is 448 g/mol. The summed E-state index contributed by atoms with van der Waals surface area (Å²) in [6, 6.07) is 9.71. The standard InChI is InChI=1S/C17H18Cl2N2O4S2/c18-13-9-14(19)11-17(10-13)26(22,23)20-15-5-4-6-16(12-15)27(24,25)21-7-2-1-3-8-21/h4-6,9-12,20H,1-3,7-8H2. The molecule has 2 aromatic carbocycles. The highest BCUT2D eigenvalue weighted by molar-refractivity contribution is 7.92. The van der Waals surface area contributed by atoms with Gasteiger partial charge < -0.3 is 0 Å². The largest absolute Gasteiger partial charge is 0.280 e. The number of nitrogens with zero attached hydrogens (tertiary/aromatic N) is 1. The minimum absolute atomic E-state index is 0.0497. The normalized spacial score (nSPS) is 16.2. The Balaban J connectivity index is 1.89. The van der Waals surface area contributed by atoms with Gasteiger partial charge in [0.05, 0.1) is 15.5 Å². The van der Waals surface area contributed by atoms with Crippen LogP contribution in [0, 0.1) is 0 Å². The first-order chi connectivity index (χ1) is 12.7. The molecule has 10 heteroatoms. The summed E-state index contributed by atoms with van der Waals surface area (Å²) in [6.07, 6.45) is 2.65. The molecule has 6 nitrogen and oxygen atoms in total. The maximum absolute atomic E-state index is 12.8. The first-order valence-electron chi connectivity index (χ1n) is 8.28. The molecule has 2 aromatic rings. The van der Waals surface area contributed by atoms with E-state index < -0.39 is 20.0 Å². The van der Waals surface area contributed by atoms with Gasteiger partial charge >= 0.3 is 0 Å². The van der Waals surface area contributed by atoms with E-state index in [2.05, 4.69) is 4.72 Å². The van der Waals surface area contributed by atoms with Crippen molar-refractivity contribution < 1.29 is 16.8 Å². The number of hydrogen-bond donors (Lipinski definition) is 1. The Morgan fingerprint density at radius 1 is 0.815 bits per heavy atom. The smallest absolute Gasteiger partial charge is 0.261 e. The number of nitrogens with one attached hydrogen (secondary N) is 1. The van der Waals surface area contributed by atoms with Crippen LogP contribution in [0.4, 0.5) is 5.69 Å². The lowest BCUT2D eigenvalue weighted by Gasteiger charge is -2.26. The van der Waals surface area contributed by atoms with E-state index in [1.807, 2.05) is 0 Å². The second-order valence-corrected chi connectivity index (χ2v) is 10.7. The Hall–Kier alpha value is -1.32. The van der Waals surface area contributed by atoms with Crippen molar-refractivity contribution >= 4 is 48.9 Å². The molecule has 1 aliphatic rings. The number of sulfonamides is 2. The predicted molar refractivity (Wildman–Crippen MR) is 106 cm³/mol. The predicted octanol–water partition coefficient (Wildman–Crippen LogP) is 3.97. The van der Waals surface area contributed by atoms with Crippen molar-refractivity contribution in [3.05, 3.63) is 52.5 Å². The molecule has 0 atom stereocenters. The fourth-order valence-corrected chi connectivity index (χ4v) is 6.21. The zero-order valence-corrected chi connectivity index (χ0v) is 17.4. The first kappa shape index (κ1) is 20.4. The Morgan fingerprint density at radius 2 is 1.44 bits per heavy atom. The van der Waals surface area contributed by atoms with Crippen LogP contribution in [0.2, 0.25) is 10.0 Å². The van der Waals surface area contributed by atoms with Gasteiger partial charge in [0.25, 0.3) is 10.0 Å². The van der Waals surface area contributed by atoms with Gasteiger partial charge in [-0.1, -0.05) is 35.7 Å². The molecular formula is C17H18Cl2N2O4S2. The molecule has 0 radical (unpaired) electrons. The van der Waals surface area contributed by atoms with Crippen LogP contribution in [0.1, 0.15) is 19.3 Å². The zero-order chi connectivity index (χ0) is 19.7. The number of piperidine rings is 1. The molecule has 1 fully saturated rings. The van der Waals surface area contributed by atoms with Gasteiger partial charge in [0.2, 0.25) is 10.0 Å². The van der Waals surface area contributed by atoms with Gasteiger partial charge in [0.1, 0.15) is 0 Å². The summed E-state index contributed by atoms with van der Waals surface area (Å²) in [6.45, 7) is 0.943. The van der Waals surface area contributed by atoms with Crippen LogP contribution in [0.5, 0.6) is 0 Å². The minimum Gasteiger partial charge on any atom is -0.280 e. The number of benzene rings is 2. The summed E-state index contributed by atoms with van der Waals surface area (Å²) < 4.78 is 54.5. The lowest BCUT2D eigenvalue weighted by atomic mass is 10.2. The average Bonchev–Trinajstić information content (AvgIpc) is 2.61. The number of hydrogen-bond acceptors (Lipinski definition) is 4. The van der Waals surface area contributed by atoms with Gasteiger partial charge in [0.15, 0.2) is 0 Å². The van der Waals surface area contributed by atoms with Crippen LogP contribution < -0.4 is 4.72 Å². The molecule has 1 saturated heterocycles. The molecule has 27 heavy (non-hydrogen) atoms. The molecule has 0 unspecified atom stereocenters. The lowest BCUT2D eigenvalue weighted by Crippen LogP contribution is -2.35. The molecule has 3 rings (SSSR count). The highest BCUT2D eigenvalue weighted by Gasteiger charge is 2.26. The van der Waals surface area contributed by atoms with Crippen LogP contribution in [0.3, 0.4) is 0 Å². The third-order valence-corrected chi connectivity index (χ3v) is 7.88. The van der Waals surface area contributed by atoms with E-state index in [1.54, 1.807) is 0 Å². The van der Waals surface area contributed by atoms with Crippen molar-refractivity contribution in [3.8, 4) is 0 Å². The summed E-state index contributed by atoms with van der Waals surface area (Å²) in [5.41, 5.74) is 0.143. The Morgan fingerprint density at radius 3 is 2.07 bits per heavy atom. The fraction of sp³-hybridized carbons (Fsp3) is 0.294. The van der Waals surface area contributed by atoms with E-state index in [9.17, 15) is 16.8 Å². The summed E-state index contributed by atoms with van der Waals surface area (Å²) in [7, 11) is -7.63. The topological polar surface area (TPSA) is 83.5 Å². The molecule has 0 amide bonds. The molecule has 0 aromatic heterocycles. The first-order valence-corrected chi connectivity index (χ1v) is 12.0. The summed E-state index contributed by atoms with van der Waals surface area (Å²) in [5.74, 6) is 0. The van der Waals surface area contributed by atoms with Crippen LogP contribution in [0.15, 0.2) is 52.3 Å². The van der Waals surface area contributed by atoms with Crippen molar-refractivity contribution in [2.75, 3.05) is 17.8 Å². The van der Waals surface area contributed by atoms with Crippen LogP contribution in [-0.4, -0.2) is 34.2 Å². The molecule has 0 spiro atoms. The lowest BCUT2D eigenvalue weighted by molar-refractivity contribution is 0.346. The number of rotatable bonds is 5. The highest BCUT2D eigenvalue weighted by Crippen LogP contribution is 2.26. The number of halogens is 2. The van der Waals surface area contributed by atoms with Gasteiger partial charge in [-0.3, -0.25) is 4.72 Å². The van der Waals surface area contributed by atoms with Crippen molar-refractivity contribution in [2.45, 2.75) is 29.1 Å². The summed E-state index contributed by atoms with van der Waals surface area (Å²) in [5, 5.41) is 0.369. The summed E-state index contributed by atoms with van der Waals surface area (Å²) >= 11 is 11.7. The fourth-order valence-electron chi connectivity index (χ4n) is 2.87. The van der Waals surface area contributed by atoms with E-state index >= 15 is 0 Å². The quantitative estimate of drug-likeness (QED) is 0.749. The minimum atomic E-state index is -3.97. The van der Waals surface area contributed by atoms with E-state index in [0.29, 0.717) is 13.1 Å². The van der Waals surface area contributed by atoms with E-state index in [0.717, 1.165) is 19.3 Å². The van der Waals surface area contributed by atoms with E-state index in [4.69, 9.17) is 23.2 Å². The maximum atomic E-state index is 12.8. The van der Waals surface area contributed by atoms with Crippen LogP contribution in [-0.2, 0) is 20.0 Å². The molecular weight excluding hydrogens is 431 g/mol. The second-order valence-electron chi connectivity index (χ2n) is 6.20. The van der Waals surface area contributed by atoms with Gasteiger partial charge in [-0.15, -0.1) is 0 Å². The average molecular weight is 449 g/mol. The third kappa shape index (κ3) is 4.75. The van der Waals surface area contributed by atoms with Crippen LogP contribution in [0.25, 0.3) is 0 Å². The third-order valence-electron chi connectivity index (χ3n) is 4.19. The zero-order valence-electron chi connectivity index (χ0n) is 14.2. The van der Waals surface area contributed by atoms with Crippen molar-refractivity contribution in [2.24, 2.45) is 0 Å². The molecule has 1 aliphatic heterocycles. The van der Waals surface area contributed by atoms with Gasteiger partial charge in [-0.2, -0.15) is 4.31 Å². The van der Waals surface area contributed by atoms with Crippen molar-refractivity contribution in [1.82, 2.24) is 4.31 Å². The van der Waals surface area contributed by atoms with Gasteiger partial charge in [-0.25, -0.2) is 16.8 Å². The van der Waals surface area contributed by atoms with Gasteiger partial charge in [-0.05, 0) is 49.2 Å². The summed E-state index contributed by atoms with van der Waals surface area (Å²) in [4.78, 5) is -0.0574. The SMILES string of the molecule is O=S(=O)(Nc1cccc(S(=O)(=O)N2CCCCC2)c1)c1cc(Cl)cc(Cl)c1. The second kappa shape index (κ2) is 7.97. The number of anilines is 1. The van der Waals surface area contributed by atoms with Crippen LogP contribution >= 0.6 is 23.2 Å².